The van der Waals surface area contributed by atoms with E-state index in [1.165, 1.54) is 17.3 Å². The van der Waals surface area contributed by atoms with Crippen molar-refractivity contribution in [1.82, 2.24) is 4.90 Å². The third-order valence-electron chi connectivity index (χ3n) is 4.52. The van der Waals surface area contributed by atoms with Crippen LogP contribution in [0.5, 0.6) is 5.75 Å². The molecule has 4 rings (SSSR count). The van der Waals surface area contributed by atoms with Crippen LogP contribution in [0.4, 0.5) is 5.69 Å². The second kappa shape index (κ2) is 8.27. The zero-order valence-electron chi connectivity index (χ0n) is 16.4. The van der Waals surface area contributed by atoms with Crippen molar-refractivity contribution in [3.63, 3.8) is 0 Å². The highest BCUT2D eigenvalue weighted by Gasteiger charge is 2.30. The Hall–Kier alpha value is -2.83. The quantitative estimate of drug-likeness (QED) is 0.489. The summed E-state index contributed by atoms with van der Waals surface area (Å²) >= 11 is 3.05. The highest BCUT2D eigenvalue weighted by Crippen LogP contribution is 2.36. The lowest BCUT2D eigenvalue weighted by atomic mass is 10.2. The van der Waals surface area contributed by atoms with Crippen LogP contribution in [0.1, 0.15) is 10.4 Å². The van der Waals surface area contributed by atoms with Crippen molar-refractivity contribution in [2.24, 2.45) is 4.99 Å². The first-order chi connectivity index (χ1) is 14.0. The van der Waals surface area contributed by atoms with Crippen molar-refractivity contribution < 1.29 is 9.53 Å². The third kappa shape index (κ3) is 4.28. The summed E-state index contributed by atoms with van der Waals surface area (Å²) in [6.45, 7) is 2.04. The summed E-state index contributed by atoms with van der Waals surface area (Å²) in [7, 11) is 3.43. The van der Waals surface area contributed by atoms with Crippen LogP contribution in [0.3, 0.4) is 0 Å². The number of amides is 1. The molecule has 0 bridgehead atoms. The van der Waals surface area contributed by atoms with Crippen LogP contribution in [0.25, 0.3) is 16.5 Å². The monoisotopic (exact) mass is 420 g/mol. The van der Waals surface area contributed by atoms with Gasteiger partial charge >= 0.3 is 0 Å². The maximum atomic E-state index is 12.7. The third-order valence-corrected chi connectivity index (χ3v) is 6.66. The van der Waals surface area contributed by atoms with Gasteiger partial charge in [-0.15, -0.1) is 11.3 Å². The summed E-state index contributed by atoms with van der Waals surface area (Å²) in [6.07, 6.45) is 1.94. The maximum Gasteiger partial charge on any atom is 0.266 e. The fourth-order valence-corrected chi connectivity index (χ4v) is 4.87. The van der Waals surface area contributed by atoms with Gasteiger partial charge in [0.25, 0.3) is 5.91 Å². The SMILES string of the molecule is COc1cccc(-c2ccc(/C=C3\SC(=Nc4ccc(C)cc4)N(C)C3=O)s2)c1. The van der Waals surface area contributed by atoms with E-state index in [9.17, 15) is 4.79 Å². The molecule has 1 amide bonds. The zero-order chi connectivity index (χ0) is 20.4. The van der Waals surface area contributed by atoms with Crippen molar-refractivity contribution in [2.75, 3.05) is 14.2 Å². The van der Waals surface area contributed by atoms with Gasteiger partial charge in [0.1, 0.15) is 5.75 Å². The lowest BCUT2D eigenvalue weighted by Gasteiger charge is -2.07. The van der Waals surface area contributed by atoms with Crippen molar-refractivity contribution in [3.8, 4) is 16.2 Å². The predicted octanol–water partition coefficient (Wildman–Crippen LogP) is 5.97. The smallest absolute Gasteiger partial charge is 0.266 e. The normalized spacial score (nSPS) is 16.8. The van der Waals surface area contributed by atoms with Gasteiger partial charge in [0, 0.05) is 16.8 Å². The van der Waals surface area contributed by atoms with Gasteiger partial charge in [0.05, 0.1) is 17.7 Å². The molecule has 0 spiro atoms. The topological polar surface area (TPSA) is 41.9 Å². The fourth-order valence-electron chi connectivity index (χ4n) is 2.87. The van der Waals surface area contributed by atoms with Crippen LogP contribution in [0.15, 0.2) is 70.6 Å². The average Bonchev–Trinajstić information content (AvgIpc) is 3.31. The Bertz CT molecular complexity index is 1110. The van der Waals surface area contributed by atoms with Gasteiger partial charge in [-0.1, -0.05) is 29.8 Å². The minimum Gasteiger partial charge on any atom is -0.497 e. The van der Waals surface area contributed by atoms with Gasteiger partial charge in [-0.2, -0.15) is 0 Å². The van der Waals surface area contributed by atoms with E-state index in [0.29, 0.717) is 10.1 Å². The first-order valence-corrected chi connectivity index (χ1v) is 10.7. The molecule has 1 saturated heterocycles. The predicted molar refractivity (Wildman–Crippen MR) is 123 cm³/mol. The van der Waals surface area contributed by atoms with E-state index in [2.05, 4.69) is 17.1 Å². The molecule has 2 heterocycles. The van der Waals surface area contributed by atoms with Crippen molar-refractivity contribution >= 4 is 45.9 Å². The van der Waals surface area contributed by atoms with Gasteiger partial charge in [-0.25, -0.2) is 4.99 Å². The molecular formula is C23H20N2O2S2. The molecule has 0 N–H and O–H groups in total. The molecule has 0 unspecified atom stereocenters. The largest absolute Gasteiger partial charge is 0.497 e. The maximum absolute atomic E-state index is 12.7. The number of rotatable bonds is 4. The summed E-state index contributed by atoms with van der Waals surface area (Å²) in [6, 6.07) is 20.0. The number of hydrogen-bond donors (Lipinski definition) is 0. The number of ether oxygens (including phenoxy) is 1. The van der Waals surface area contributed by atoms with Gasteiger partial charge in [-0.3, -0.25) is 9.69 Å². The highest BCUT2D eigenvalue weighted by atomic mass is 32.2. The first kappa shape index (κ1) is 19.5. The molecule has 0 aliphatic carbocycles. The van der Waals surface area contributed by atoms with Crippen molar-refractivity contribution in [2.45, 2.75) is 6.92 Å². The molecule has 0 radical (unpaired) electrons. The minimum absolute atomic E-state index is 0.0304. The zero-order valence-corrected chi connectivity index (χ0v) is 18.0. The number of thioether (sulfide) groups is 1. The number of thiophene rings is 1. The molecule has 1 fully saturated rings. The number of amidine groups is 1. The number of aryl methyl sites for hydroxylation is 1. The Labute approximate surface area is 178 Å². The minimum atomic E-state index is -0.0304. The molecule has 146 valence electrons. The van der Waals surface area contributed by atoms with Crippen LogP contribution in [-0.4, -0.2) is 30.1 Å². The van der Waals surface area contributed by atoms with Crippen LogP contribution >= 0.6 is 23.1 Å². The molecule has 4 nitrogen and oxygen atoms in total. The highest BCUT2D eigenvalue weighted by molar-refractivity contribution is 8.18. The summed E-state index contributed by atoms with van der Waals surface area (Å²) in [5, 5.41) is 0.690. The Kier molecular flexibility index (Phi) is 5.56. The lowest BCUT2D eigenvalue weighted by molar-refractivity contribution is -0.121. The molecular weight excluding hydrogens is 400 g/mol. The number of likely N-dealkylation sites (N-methyl/N-ethyl adjacent to an activating group) is 1. The van der Waals surface area contributed by atoms with Crippen LogP contribution < -0.4 is 4.74 Å². The van der Waals surface area contributed by atoms with Crippen molar-refractivity contribution in [3.05, 3.63) is 76.0 Å². The van der Waals surface area contributed by atoms with E-state index >= 15 is 0 Å². The Morgan fingerprint density at radius 1 is 1.07 bits per heavy atom. The van der Waals surface area contributed by atoms with Gasteiger partial charge in [0.2, 0.25) is 0 Å². The number of nitrogens with zero attached hydrogens (tertiary/aromatic N) is 2. The number of hydrogen-bond acceptors (Lipinski definition) is 5. The van der Waals surface area contributed by atoms with Crippen molar-refractivity contribution in [1.29, 1.82) is 0 Å². The van der Waals surface area contributed by atoms with Crippen LogP contribution in [-0.2, 0) is 4.79 Å². The standard InChI is InChI=1S/C23H20N2O2S2/c1-15-7-9-17(10-8-15)24-23-25(2)22(26)21(29-23)14-19-11-12-20(28-19)16-5-4-6-18(13-16)27-3/h4-14H,1-3H3/b21-14-,24-23?. The molecule has 1 aliphatic rings. The molecule has 2 aromatic carbocycles. The van der Waals surface area contributed by atoms with Gasteiger partial charge < -0.3 is 4.74 Å². The van der Waals surface area contributed by atoms with E-state index in [4.69, 9.17) is 4.74 Å². The van der Waals surface area contributed by atoms with E-state index in [0.717, 1.165) is 26.8 Å². The Morgan fingerprint density at radius 3 is 2.62 bits per heavy atom. The first-order valence-electron chi connectivity index (χ1n) is 9.11. The van der Waals surface area contributed by atoms with Gasteiger partial charge in [-0.05, 0) is 66.7 Å². The summed E-state index contributed by atoms with van der Waals surface area (Å²) in [4.78, 5) is 21.7. The summed E-state index contributed by atoms with van der Waals surface area (Å²) in [5.41, 5.74) is 3.13. The molecule has 3 aromatic rings. The lowest BCUT2D eigenvalue weighted by Crippen LogP contribution is -2.23. The molecule has 0 saturated carbocycles. The molecule has 0 atom stereocenters. The second-order valence-electron chi connectivity index (χ2n) is 6.64. The van der Waals surface area contributed by atoms with E-state index in [-0.39, 0.29) is 5.91 Å². The molecule has 29 heavy (non-hydrogen) atoms. The van der Waals surface area contributed by atoms with E-state index in [1.54, 1.807) is 30.4 Å². The number of aliphatic imine (C=N–C) groups is 1. The second-order valence-corrected chi connectivity index (χ2v) is 8.76. The van der Waals surface area contributed by atoms with Crippen LogP contribution in [0.2, 0.25) is 0 Å². The number of benzene rings is 2. The Morgan fingerprint density at radius 2 is 1.86 bits per heavy atom. The number of carbonyl (C=O) groups excluding carboxylic acids is 1. The van der Waals surface area contributed by atoms with E-state index < -0.39 is 0 Å². The van der Waals surface area contributed by atoms with Crippen LogP contribution in [0, 0.1) is 6.92 Å². The number of methoxy groups -OCH3 is 1. The summed E-state index contributed by atoms with van der Waals surface area (Å²) in [5.74, 6) is 0.799. The molecule has 1 aromatic heterocycles. The fraction of sp³-hybridized carbons (Fsp3) is 0.130. The number of carbonyl (C=O) groups is 1. The van der Waals surface area contributed by atoms with E-state index in [1.807, 2.05) is 61.5 Å². The van der Waals surface area contributed by atoms with Gasteiger partial charge in [0.15, 0.2) is 5.17 Å². The molecule has 6 heteroatoms. The Balaban J connectivity index is 1.58. The molecule has 1 aliphatic heterocycles. The average molecular weight is 421 g/mol. The summed E-state index contributed by atoms with van der Waals surface area (Å²) < 4.78 is 5.31.